The number of nitrogens with zero attached hydrogens (tertiary/aromatic N) is 1. The van der Waals surface area contributed by atoms with Gasteiger partial charge in [0.05, 0.1) is 6.04 Å². The van der Waals surface area contributed by atoms with E-state index in [4.69, 9.17) is 0 Å². The Bertz CT molecular complexity index is 435. The Morgan fingerprint density at radius 2 is 2.06 bits per heavy atom. The van der Waals surface area contributed by atoms with E-state index in [9.17, 15) is 9.90 Å². The summed E-state index contributed by atoms with van der Waals surface area (Å²) in [6.45, 7) is 1.99. The largest absolute Gasteiger partial charge is 0.480 e. The fraction of sp³-hybridized carbons (Fsp3) is 0.462. The molecule has 1 aromatic rings. The monoisotopic (exact) mass is 314 g/mol. The molecule has 2 atom stereocenters. The number of hydrogen-bond donors (Lipinski definition) is 2. The third kappa shape index (κ3) is 3.31. The Labute approximate surface area is 116 Å². The number of carbonyl (C=O) groups is 1. The second-order valence-electron chi connectivity index (χ2n) is 4.51. The minimum atomic E-state index is -0.851. The third-order valence-corrected chi connectivity index (χ3v) is 3.50. The van der Waals surface area contributed by atoms with Crippen LogP contribution in [0.15, 0.2) is 22.7 Å². The van der Waals surface area contributed by atoms with Gasteiger partial charge in [0.15, 0.2) is 0 Å². The summed E-state index contributed by atoms with van der Waals surface area (Å²) in [5.41, 5.74) is 2.09. The van der Waals surface area contributed by atoms with Gasteiger partial charge in [0, 0.05) is 4.47 Å². The van der Waals surface area contributed by atoms with E-state index in [0.29, 0.717) is 0 Å². The van der Waals surface area contributed by atoms with E-state index in [1.807, 2.05) is 44.1 Å². The number of nitrogens with one attached hydrogen (secondary N) is 1. The highest BCUT2D eigenvalue weighted by molar-refractivity contribution is 9.10. The molecule has 0 heterocycles. The Hall–Kier alpha value is -0.910. The fourth-order valence-electron chi connectivity index (χ4n) is 2.10. The summed E-state index contributed by atoms with van der Waals surface area (Å²) in [5.74, 6) is -0.851. The van der Waals surface area contributed by atoms with Crippen molar-refractivity contribution in [2.75, 3.05) is 21.1 Å². The molecule has 18 heavy (non-hydrogen) atoms. The molecule has 4 nitrogen and oxygen atoms in total. The molecule has 0 radical (unpaired) electrons. The van der Waals surface area contributed by atoms with Crippen LogP contribution in [0.4, 0.5) is 0 Å². The van der Waals surface area contributed by atoms with E-state index < -0.39 is 12.0 Å². The van der Waals surface area contributed by atoms with E-state index in [2.05, 4.69) is 21.2 Å². The zero-order chi connectivity index (χ0) is 13.9. The first-order chi connectivity index (χ1) is 8.38. The first kappa shape index (κ1) is 15.1. The van der Waals surface area contributed by atoms with Crippen LogP contribution in [0.25, 0.3) is 0 Å². The summed E-state index contributed by atoms with van der Waals surface area (Å²) in [6, 6.07) is 5.07. The van der Waals surface area contributed by atoms with Crippen molar-refractivity contribution in [3.8, 4) is 0 Å². The standard InChI is InChI=1S/C13H19BrN2O2/c1-8-5-6-9(14)7-10(8)12(16(3)4)11(15-2)13(17)18/h5-7,11-12,15H,1-4H3,(H,17,18). The Balaban J connectivity index is 3.27. The van der Waals surface area contributed by atoms with Gasteiger partial charge < -0.3 is 15.3 Å². The van der Waals surface area contributed by atoms with Crippen LogP contribution in [0.3, 0.4) is 0 Å². The zero-order valence-electron chi connectivity index (χ0n) is 11.1. The number of likely N-dealkylation sites (N-methyl/N-ethyl adjacent to an activating group) is 2. The molecule has 0 spiro atoms. The zero-order valence-corrected chi connectivity index (χ0v) is 12.7. The SMILES string of the molecule is CNC(C(=O)O)C(c1cc(Br)ccc1C)N(C)C. The maximum absolute atomic E-state index is 11.3. The summed E-state index contributed by atoms with van der Waals surface area (Å²) >= 11 is 3.44. The van der Waals surface area contributed by atoms with Gasteiger partial charge in [0.25, 0.3) is 0 Å². The maximum atomic E-state index is 11.3. The number of aliphatic carboxylic acids is 1. The van der Waals surface area contributed by atoms with Crippen molar-refractivity contribution in [3.05, 3.63) is 33.8 Å². The molecule has 0 aromatic heterocycles. The van der Waals surface area contributed by atoms with Crippen LogP contribution >= 0.6 is 15.9 Å². The van der Waals surface area contributed by atoms with Gasteiger partial charge in [-0.25, -0.2) is 0 Å². The molecule has 100 valence electrons. The van der Waals surface area contributed by atoms with E-state index >= 15 is 0 Å². The van der Waals surface area contributed by atoms with Gasteiger partial charge in [-0.1, -0.05) is 22.0 Å². The van der Waals surface area contributed by atoms with Crippen molar-refractivity contribution in [3.63, 3.8) is 0 Å². The molecule has 2 unspecified atom stereocenters. The number of rotatable bonds is 5. The average Bonchev–Trinajstić information content (AvgIpc) is 2.28. The lowest BCUT2D eigenvalue weighted by Crippen LogP contribution is -2.45. The van der Waals surface area contributed by atoms with Gasteiger partial charge in [0.2, 0.25) is 0 Å². The molecule has 0 aliphatic rings. The van der Waals surface area contributed by atoms with Crippen molar-refractivity contribution < 1.29 is 9.90 Å². The van der Waals surface area contributed by atoms with Crippen LogP contribution in [0.2, 0.25) is 0 Å². The smallest absolute Gasteiger partial charge is 0.322 e. The molecule has 0 saturated carbocycles. The lowest BCUT2D eigenvalue weighted by Gasteiger charge is -2.31. The molecule has 0 bridgehead atoms. The van der Waals surface area contributed by atoms with Gasteiger partial charge in [-0.05, 0) is 51.3 Å². The predicted octanol–water partition coefficient (Wildman–Crippen LogP) is 2.03. The lowest BCUT2D eigenvalue weighted by molar-refractivity contribution is -0.141. The Morgan fingerprint density at radius 3 is 2.50 bits per heavy atom. The molecule has 0 amide bonds. The normalized spacial score (nSPS) is 14.6. The molecule has 5 heteroatoms. The Morgan fingerprint density at radius 1 is 1.44 bits per heavy atom. The Kier molecular flexibility index (Phi) is 5.31. The molecule has 0 aliphatic carbocycles. The number of carboxylic acid groups (broad SMARTS) is 1. The van der Waals surface area contributed by atoms with E-state index in [1.54, 1.807) is 7.05 Å². The minimum absolute atomic E-state index is 0.218. The van der Waals surface area contributed by atoms with Crippen molar-refractivity contribution in [1.82, 2.24) is 10.2 Å². The highest BCUT2D eigenvalue weighted by Crippen LogP contribution is 2.28. The van der Waals surface area contributed by atoms with Crippen LogP contribution < -0.4 is 5.32 Å². The van der Waals surface area contributed by atoms with E-state index in [-0.39, 0.29) is 6.04 Å². The fourth-order valence-corrected chi connectivity index (χ4v) is 2.48. The number of aryl methyl sites for hydroxylation is 1. The highest BCUT2D eigenvalue weighted by atomic mass is 79.9. The lowest BCUT2D eigenvalue weighted by atomic mass is 9.94. The highest BCUT2D eigenvalue weighted by Gasteiger charge is 2.30. The average molecular weight is 315 g/mol. The second-order valence-corrected chi connectivity index (χ2v) is 5.43. The molecule has 0 saturated heterocycles. The van der Waals surface area contributed by atoms with Gasteiger partial charge in [-0.2, -0.15) is 0 Å². The van der Waals surface area contributed by atoms with Crippen molar-refractivity contribution in [2.24, 2.45) is 0 Å². The molecule has 1 rings (SSSR count). The van der Waals surface area contributed by atoms with Crippen molar-refractivity contribution in [1.29, 1.82) is 0 Å². The molecular weight excluding hydrogens is 296 g/mol. The number of halogens is 1. The summed E-state index contributed by atoms with van der Waals surface area (Å²) in [6.07, 6.45) is 0. The predicted molar refractivity (Wildman–Crippen MR) is 75.8 cm³/mol. The number of carboxylic acids is 1. The van der Waals surface area contributed by atoms with Crippen LogP contribution in [0.5, 0.6) is 0 Å². The van der Waals surface area contributed by atoms with Crippen molar-refractivity contribution in [2.45, 2.75) is 19.0 Å². The number of hydrogen-bond acceptors (Lipinski definition) is 3. The first-order valence-electron chi connectivity index (χ1n) is 5.71. The molecule has 2 N–H and O–H groups in total. The van der Waals surface area contributed by atoms with Crippen LogP contribution in [-0.2, 0) is 4.79 Å². The van der Waals surface area contributed by atoms with E-state index in [1.165, 1.54) is 0 Å². The van der Waals surface area contributed by atoms with Crippen LogP contribution in [0, 0.1) is 6.92 Å². The summed E-state index contributed by atoms with van der Waals surface area (Å²) in [4.78, 5) is 13.3. The van der Waals surface area contributed by atoms with E-state index in [0.717, 1.165) is 15.6 Å². The molecule has 1 aromatic carbocycles. The summed E-state index contributed by atoms with van der Waals surface area (Å²) in [5, 5.41) is 12.2. The molecular formula is C13H19BrN2O2. The van der Waals surface area contributed by atoms with Crippen molar-refractivity contribution >= 4 is 21.9 Å². The minimum Gasteiger partial charge on any atom is -0.480 e. The van der Waals surface area contributed by atoms with Gasteiger partial charge >= 0.3 is 5.97 Å². The van der Waals surface area contributed by atoms with Gasteiger partial charge in [-0.15, -0.1) is 0 Å². The van der Waals surface area contributed by atoms with Crippen LogP contribution in [-0.4, -0.2) is 43.2 Å². The quantitative estimate of drug-likeness (QED) is 0.873. The number of benzene rings is 1. The summed E-state index contributed by atoms with van der Waals surface area (Å²) < 4.78 is 0.954. The second kappa shape index (κ2) is 6.31. The third-order valence-electron chi connectivity index (χ3n) is 3.01. The topological polar surface area (TPSA) is 52.6 Å². The van der Waals surface area contributed by atoms with Crippen LogP contribution in [0.1, 0.15) is 17.2 Å². The summed E-state index contributed by atoms with van der Waals surface area (Å²) in [7, 11) is 5.44. The molecule has 0 aliphatic heterocycles. The van der Waals surface area contributed by atoms with Gasteiger partial charge in [-0.3, -0.25) is 4.79 Å². The molecule has 0 fully saturated rings. The first-order valence-corrected chi connectivity index (χ1v) is 6.50. The van der Waals surface area contributed by atoms with Gasteiger partial charge in [0.1, 0.15) is 6.04 Å². The maximum Gasteiger partial charge on any atom is 0.322 e.